The zero-order chi connectivity index (χ0) is 11.8. The topological polar surface area (TPSA) is 32.3 Å². The Kier molecular flexibility index (Phi) is 5.04. The van der Waals surface area contributed by atoms with Crippen molar-refractivity contribution in [1.82, 2.24) is 10.2 Å². The van der Waals surface area contributed by atoms with Gasteiger partial charge in [0.25, 0.3) is 5.92 Å². The van der Waals surface area contributed by atoms with Crippen LogP contribution in [0.5, 0.6) is 0 Å². The normalized spacial score (nSPS) is 32.1. The summed E-state index contributed by atoms with van der Waals surface area (Å²) >= 11 is 1.82. The second kappa shape index (κ2) is 5.71. The number of hydrogen-bond donors (Lipinski definition) is 1. The van der Waals surface area contributed by atoms with Crippen molar-refractivity contribution in [3.8, 4) is 0 Å². The first-order chi connectivity index (χ1) is 7.48. The quantitative estimate of drug-likeness (QED) is 0.790. The van der Waals surface area contributed by atoms with Crippen molar-refractivity contribution in [2.75, 3.05) is 25.4 Å². The number of amides is 1. The van der Waals surface area contributed by atoms with Gasteiger partial charge in [0.1, 0.15) is 0 Å². The molecule has 2 unspecified atom stereocenters. The lowest BCUT2D eigenvalue weighted by Crippen LogP contribution is -2.48. The third-order valence-electron chi connectivity index (χ3n) is 2.96. The number of carbonyl (C=O) groups excluding carboxylic acids is 1. The van der Waals surface area contributed by atoms with Crippen molar-refractivity contribution in [1.29, 1.82) is 0 Å². The monoisotopic (exact) mass is 286 g/mol. The first-order valence-electron chi connectivity index (χ1n) is 5.49. The van der Waals surface area contributed by atoms with Gasteiger partial charge in [0, 0.05) is 30.5 Å². The lowest BCUT2D eigenvalue weighted by atomic mass is 10.1. The molecule has 0 aromatic rings. The average molecular weight is 287 g/mol. The van der Waals surface area contributed by atoms with Crippen molar-refractivity contribution in [2.45, 2.75) is 30.6 Å². The van der Waals surface area contributed by atoms with Gasteiger partial charge < -0.3 is 4.90 Å². The summed E-state index contributed by atoms with van der Waals surface area (Å²) in [5.74, 6) is -1.99. The fourth-order valence-electron chi connectivity index (χ4n) is 2.13. The van der Waals surface area contributed by atoms with Crippen LogP contribution in [-0.2, 0) is 4.79 Å². The van der Waals surface area contributed by atoms with E-state index in [1.165, 1.54) is 0 Å². The third-order valence-corrected chi connectivity index (χ3v) is 4.10. The Morgan fingerprint density at radius 2 is 2.24 bits per heavy atom. The van der Waals surface area contributed by atoms with Gasteiger partial charge >= 0.3 is 0 Å². The van der Waals surface area contributed by atoms with Crippen molar-refractivity contribution < 1.29 is 13.6 Å². The first-order valence-corrected chi connectivity index (χ1v) is 6.54. The summed E-state index contributed by atoms with van der Waals surface area (Å²) in [6, 6.07) is -0.690. The fraction of sp³-hybridized carbons (Fsp3) is 0.900. The SMILES string of the molecule is CC1CN(C(=O)C2CC(F)(F)CN2)CCS1.Cl. The number of thioether (sulfide) groups is 1. The highest BCUT2D eigenvalue weighted by molar-refractivity contribution is 7.99. The number of nitrogens with one attached hydrogen (secondary N) is 1. The summed E-state index contributed by atoms with van der Waals surface area (Å²) in [4.78, 5) is 13.7. The van der Waals surface area contributed by atoms with Gasteiger partial charge in [0.05, 0.1) is 12.6 Å². The molecule has 7 heteroatoms. The predicted octanol–water partition coefficient (Wildman–Crippen LogP) is 1.37. The maximum Gasteiger partial charge on any atom is 0.262 e. The van der Waals surface area contributed by atoms with Gasteiger partial charge in [-0.05, 0) is 0 Å². The summed E-state index contributed by atoms with van der Waals surface area (Å²) < 4.78 is 25.9. The minimum Gasteiger partial charge on any atom is -0.339 e. The number of hydrogen-bond acceptors (Lipinski definition) is 3. The standard InChI is InChI=1S/C10H16F2N2OS.ClH/c1-7-5-14(2-3-16-7)9(15)8-4-10(11,12)6-13-8;/h7-8,13H,2-6H2,1H3;1H. The first kappa shape index (κ1) is 15.0. The minimum absolute atomic E-state index is 0. The van der Waals surface area contributed by atoms with Crippen LogP contribution in [0.15, 0.2) is 0 Å². The van der Waals surface area contributed by atoms with Crippen molar-refractivity contribution in [3.05, 3.63) is 0 Å². The van der Waals surface area contributed by atoms with Crippen LogP contribution < -0.4 is 5.32 Å². The number of halogens is 3. The molecule has 0 aromatic heterocycles. The molecule has 1 amide bonds. The van der Waals surface area contributed by atoms with Gasteiger partial charge in [-0.2, -0.15) is 11.8 Å². The number of alkyl halides is 2. The molecule has 0 aliphatic carbocycles. The number of carbonyl (C=O) groups is 1. The van der Waals surface area contributed by atoms with Crippen LogP contribution in [0.2, 0.25) is 0 Å². The Labute approximate surface area is 110 Å². The molecule has 0 aromatic carbocycles. The van der Waals surface area contributed by atoms with Crippen LogP contribution in [0.25, 0.3) is 0 Å². The molecule has 2 aliphatic rings. The highest BCUT2D eigenvalue weighted by Crippen LogP contribution is 2.27. The van der Waals surface area contributed by atoms with E-state index in [9.17, 15) is 13.6 Å². The van der Waals surface area contributed by atoms with E-state index in [2.05, 4.69) is 12.2 Å². The van der Waals surface area contributed by atoms with E-state index in [4.69, 9.17) is 0 Å². The van der Waals surface area contributed by atoms with E-state index in [0.29, 0.717) is 18.3 Å². The summed E-state index contributed by atoms with van der Waals surface area (Å²) in [6.45, 7) is 3.03. The van der Waals surface area contributed by atoms with Gasteiger partial charge in [0.15, 0.2) is 0 Å². The van der Waals surface area contributed by atoms with Gasteiger partial charge in [-0.1, -0.05) is 6.92 Å². The van der Waals surface area contributed by atoms with Gasteiger partial charge in [-0.25, -0.2) is 8.78 Å². The van der Waals surface area contributed by atoms with Gasteiger partial charge in [0.2, 0.25) is 5.91 Å². The Balaban J connectivity index is 0.00000144. The molecule has 3 nitrogen and oxygen atoms in total. The van der Waals surface area contributed by atoms with Crippen molar-refractivity contribution in [2.24, 2.45) is 0 Å². The largest absolute Gasteiger partial charge is 0.339 e. The van der Waals surface area contributed by atoms with E-state index < -0.39 is 12.0 Å². The molecule has 2 heterocycles. The van der Waals surface area contributed by atoms with E-state index in [-0.39, 0.29) is 31.3 Å². The molecule has 2 aliphatic heterocycles. The molecule has 2 atom stereocenters. The molecule has 2 fully saturated rings. The second-order valence-corrected chi connectivity index (χ2v) is 6.01. The molecule has 0 radical (unpaired) electrons. The highest BCUT2D eigenvalue weighted by atomic mass is 35.5. The summed E-state index contributed by atoms with van der Waals surface area (Å²) in [7, 11) is 0. The van der Waals surface area contributed by atoms with Crippen LogP contribution >= 0.6 is 24.2 Å². The number of nitrogens with zero attached hydrogens (tertiary/aromatic N) is 1. The fourth-order valence-corrected chi connectivity index (χ4v) is 3.14. The van der Waals surface area contributed by atoms with Crippen LogP contribution in [-0.4, -0.2) is 53.4 Å². The van der Waals surface area contributed by atoms with Crippen LogP contribution in [0, 0.1) is 0 Å². The van der Waals surface area contributed by atoms with E-state index in [1.54, 1.807) is 4.90 Å². The Bertz CT molecular complexity index is 289. The molecule has 2 saturated heterocycles. The summed E-state index contributed by atoms with van der Waals surface area (Å²) in [5.41, 5.74) is 0. The average Bonchev–Trinajstić information content (AvgIpc) is 2.58. The van der Waals surface area contributed by atoms with E-state index >= 15 is 0 Å². The molecule has 0 saturated carbocycles. The Hall–Kier alpha value is -0.0700. The maximum atomic E-state index is 13.0. The lowest BCUT2D eigenvalue weighted by Gasteiger charge is -2.32. The molecule has 1 N–H and O–H groups in total. The number of rotatable bonds is 1. The van der Waals surface area contributed by atoms with E-state index in [0.717, 1.165) is 5.75 Å². The van der Waals surface area contributed by atoms with Crippen LogP contribution in [0.4, 0.5) is 8.78 Å². The molecular formula is C10H17ClF2N2OS. The van der Waals surface area contributed by atoms with Gasteiger partial charge in [-0.3, -0.25) is 10.1 Å². The minimum atomic E-state index is -2.73. The zero-order valence-electron chi connectivity index (χ0n) is 9.62. The Morgan fingerprint density at radius 1 is 1.53 bits per heavy atom. The lowest BCUT2D eigenvalue weighted by molar-refractivity contribution is -0.133. The van der Waals surface area contributed by atoms with Crippen LogP contribution in [0.3, 0.4) is 0 Å². The molecule has 100 valence electrons. The van der Waals surface area contributed by atoms with E-state index in [1.807, 2.05) is 11.8 Å². The molecular weight excluding hydrogens is 270 g/mol. The summed E-state index contributed by atoms with van der Waals surface area (Å²) in [6.07, 6.45) is -0.357. The van der Waals surface area contributed by atoms with Gasteiger partial charge in [-0.15, -0.1) is 12.4 Å². The maximum absolute atomic E-state index is 13.0. The molecule has 0 spiro atoms. The molecule has 17 heavy (non-hydrogen) atoms. The van der Waals surface area contributed by atoms with Crippen molar-refractivity contribution in [3.63, 3.8) is 0 Å². The van der Waals surface area contributed by atoms with Crippen LogP contribution in [0.1, 0.15) is 13.3 Å². The second-order valence-electron chi connectivity index (χ2n) is 4.46. The smallest absolute Gasteiger partial charge is 0.262 e. The highest BCUT2D eigenvalue weighted by Gasteiger charge is 2.43. The predicted molar refractivity (Wildman–Crippen MR) is 67.1 cm³/mol. The summed E-state index contributed by atoms with van der Waals surface area (Å²) in [5, 5.41) is 3.01. The molecule has 0 bridgehead atoms. The third kappa shape index (κ3) is 3.69. The molecule has 2 rings (SSSR count). The van der Waals surface area contributed by atoms with Crippen molar-refractivity contribution >= 4 is 30.1 Å². The zero-order valence-corrected chi connectivity index (χ0v) is 11.3. The Morgan fingerprint density at radius 3 is 2.76 bits per heavy atom.